The lowest BCUT2D eigenvalue weighted by Crippen LogP contribution is -2.70. The molecule has 3 saturated carbocycles. The second-order valence-electron chi connectivity index (χ2n) is 11.4. The van der Waals surface area contributed by atoms with E-state index in [4.69, 9.17) is 0 Å². The fraction of sp³-hybridized carbons (Fsp3) is 0.704. The van der Waals surface area contributed by atoms with Crippen molar-refractivity contribution >= 4 is 11.8 Å². The molecule has 0 radical (unpaired) electrons. The Balaban J connectivity index is 1.04. The molecule has 1 aromatic rings. The number of hydrogen-bond donors (Lipinski definition) is 0. The van der Waals surface area contributed by atoms with Gasteiger partial charge in [-0.25, -0.2) is 0 Å². The van der Waals surface area contributed by atoms with Crippen molar-refractivity contribution in [3.05, 3.63) is 34.9 Å². The number of amides is 2. The number of piperidine rings is 1. The van der Waals surface area contributed by atoms with Gasteiger partial charge >= 0.3 is 0 Å². The summed E-state index contributed by atoms with van der Waals surface area (Å²) in [6.07, 6.45) is 12.1. The van der Waals surface area contributed by atoms with E-state index in [9.17, 15) is 9.59 Å². The van der Waals surface area contributed by atoms with Crippen LogP contribution in [0.3, 0.4) is 0 Å². The van der Waals surface area contributed by atoms with Gasteiger partial charge in [0.1, 0.15) is 0 Å². The van der Waals surface area contributed by atoms with Crippen molar-refractivity contribution < 1.29 is 9.59 Å². The maximum Gasteiger partial charge on any atom is 0.254 e. The molecular formula is C27H35N3O2. The predicted octanol–water partition coefficient (Wildman–Crippen LogP) is 3.60. The van der Waals surface area contributed by atoms with Crippen LogP contribution >= 0.6 is 0 Å². The summed E-state index contributed by atoms with van der Waals surface area (Å²) in [7, 11) is 0. The molecule has 3 aliphatic heterocycles. The Labute approximate surface area is 191 Å². The van der Waals surface area contributed by atoms with Crippen LogP contribution in [0.15, 0.2) is 18.2 Å². The topological polar surface area (TPSA) is 43.9 Å². The molecule has 5 heteroatoms. The van der Waals surface area contributed by atoms with E-state index in [1.165, 1.54) is 56.1 Å². The highest BCUT2D eigenvalue weighted by Gasteiger charge is 2.76. The van der Waals surface area contributed by atoms with E-state index in [1.807, 2.05) is 6.07 Å². The molecule has 3 aliphatic carbocycles. The van der Waals surface area contributed by atoms with E-state index in [-0.39, 0.29) is 11.8 Å². The Bertz CT molecular complexity index is 966. The number of fused-ring (bicyclic) bond motifs is 1. The van der Waals surface area contributed by atoms with Crippen molar-refractivity contribution in [2.75, 3.05) is 19.6 Å². The lowest BCUT2D eigenvalue weighted by molar-refractivity contribution is -0.137. The third-order valence-electron chi connectivity index (χ3n) is 9.90. The van der Waals surface area contributed by atoms with E-state index in [1.54, 1.807) is 0 Å². The van der Waals surface area contributed by atoms with Crippen LogP contribution in [0.5, 0.6) is 0 Å². The van der Waals surface area contributed by atoms with Crippen LogP contribution in [0.25, 0.3) is 0 Å². The van der Waals surface area contributed by atoms with E-state index < -0.39 is 0 Å². The Hall–Kier alpha value is -1.88. The van der Waals surface area contributed by atoms with Gasteiger partial charge in [-0.1, -0.05) is 31.7 Å². The average Bonchev–Trinajstić information content (AvgIpc) is 3.50. The Morgan fingerprint density at radius 3 is 2.56 bits per heavy atom. The largest absolute Gasteiger partial charge is 0.338 e. The van der Waals surface area contributed by atoms with Crippen molar-refractivity contribution in [2.24, 2.45) is 11.8 Å². The van der Waals surface area contributed by atoms with Gasteiger partial charge in [0.05, 0.1) is 6.04 Å². The maximum absolute atomic E-state index is 13.5. The van der Waals surface area contributed by atoms with Gasteiger partial charge in [-0.05, 0) is 67.7 Å². The average molecular weight is 434 g/mol. The van der Waals surface area contributed by atoms with Crippen LogP contribution in [-0.2, 0) is 17.8 Å². The summed E-state index contributed by atoms with van der Waals surface area (Å²) in [5, 5.41) is 0. The van der Waals surface area contributed by atoms with Gasteiger partial charge in [0.25, 0.3) is 5.91 Å². The van der Waals surface area contributed by atoms with Crippen molar-refractivity contribution in [3.63, 3.8) is 0 Å². The van der Waals surface area contributed by atoms with Gasteiger partial charge in [-0.3, -0.25) is 14.5 Å². The lowest BCUT2D eigenvalue weighted by Gasteiger charge is -2.56. The lowest BCUT2D eigenvalue weighted by atomic mass is 9.82. The zero-order valence-corrected chi connectivity index (χ0v) is 19.1. The molecule has 2 saturated heterocycles. The number of hydrogen-bond acceptors (Lipinski definition) is 3. The van der Waals surface area contributed by atoms with Crippen LogP contribution in [0.1, 0.15) is 79.3 Å². The summed E-state index contributed by atoms with van der Waals surface area (Å²) in [5.74, 6) is 1.54. The summed E-state index contributed by atoms with van der Waals surface area (Å²) in [6.45, 7) is 3.56. The van der Waals surface area contributed by atoms with E-state index in [0.29, 0.717) is 30.0 Å². The molecule has 0 bridgehead atoms. The second-order valence-corrected chi connectivity index (χ2v) is 11.4. The number of nitrogens with zero attached hydrogens (tertiary/aromatic N) is 3. The molecule has 3 heterocycles. The van der Waals surface area contributed by atoms with Crippen molar-refractivity contribution in [3.8, 4) is 0 Å². The predicted molar refractivity (Wildman–Crippen MR) is 122 cm³/mol. The van der Waals surface area contributed by atoms with Gasteiger partial charge < -0.3 is 9.80 Å². The van der Waals surface area contributed by atoms with Crippen LogP contribution < -0.4 is 0 Å². The highest BCUT2D eigenvalue weighted by molar-refractivity contribution is 5.95. The first kappa shape index (κ1) is 19.6. The number of benzene rings is 1. The smallest absolute Gasteiger partial charge is 0.254 e. The number of rotatable bonds is 3. The third kappa shape index (κ3) is 2.72. The number of carbonyl (C=O) groups excluding carboxylic acids is 2. The summed E-state index contributed by atoms with van der Waals surface area (Å²) in [4.78, 5) is 33.5. The van der Waals surface area contributed by atoms with Crippen molar-refractivity contribution in [1.82, 2.24) is 14.7 Å². The normalized spacial score (nSPS) is 34.2. The second kappa shape index (κ2) is 7.06. The van der Waals surface area contributed by atoms with E-state index in [0.717, 1.165) is 50.5 Å². The number of carbonyl (C=O) groups is 2. The minimum absolute atomic E-state index is 0.235. The molecule has 170 valence electrons. The molecule has 3 atom stereocenters. The molecule has 1 aromatic carbocycles. The minimum Gasteiger partial charge on any atom is -0.338 e. The highest BCUT2D eigenvalue weighted by Crippen LogP contribution is 2.65. The van der Waals surface area contributed by atoms with Crippen LogP contribution in [0.4, 0.5) is 0 Å². The summed E-state index contributed by atoms with van der Waals surface area (Å²) in [6, 6.07) is 7.53. The number of likely N-dealkylation sites (tertiary alicyclic amines) is 2. The van der Waals surface area contributed by atoms with Crippen LogP contribution in [0.2, 0.25) is 0 Å². The standard InChI is InChI=1S/C27H35N3O2/c31-25(18-5-2-1-3-6-18)28-12-11-19-13-20(9-10-21(19)15-28)26(32)29-16-22-14-27(22)24(29)17-30(27)23-7-4-8-23/h9-10,13,18,22-24H,1-8,11-12,14-17H2/t22-,24+,27?/m0/s1. The monoisotopic (exact) mass is 433 g/mol. The fourth-order valence-electron chi connectivity index (χ4n) is 7.70. The first-order valence-electron chi connectivity index (χ1n) is 13.1. The fourth-order valence-corrected chi connectivity index (χ4v) is 7.70. The molecule has 2 amide bonds. The highest BCUT2D eigenvalue weighted by atomic mass is 16.2. The molecular weight excluding hydrogens is 398 g/mol. The van der Waals surface area contributed by atoms with Gasteiger partial charge in [0.2, 0.25) is 5.91 Å². The van der Waals surface area contributed by atoms with Gasteiger partial charge in [0, 0.05) is 49.2 Å². The summed E-state index contributed by atoms with van der Waals surface area (Å²) in [5.41, 5.74) is 3.72. The Morgan fingerprint density at radius 2 is 1.78 bits per heavy atom. The van der Waals surface area contributed by atoms with Crippen LogP contribution in [0, 0.1) is 11.8 Å². The first-order valence-corrected chi connectivity index (χ1v) is 13.1. The zero-order chi connectivity index (χ0) is 21.4. The quantitative estimate of drug-likeness (QED) is 0.732. The first-order chi connectivity index (χ1) is 15.6. The van der Waals surface area contributed by atoms with Gasteiger partial charge in [-0.15, -0.1) is 0 Å². The van der Waals surface area contributed by atoms with Gasteiger partial charge in [-0.2, -0.15) is 0 Å². The maximum atomic E-state index is 13.5. The molecule has 32 heavy (non-hydrogen) atoms. The van der Waals surface area contributed by atoms with E-state index >= 15 is 0 Å². The van der Waals surface area contributed by atoms with E-state index in [2.05, 4.69) is 26.8 Å². The summed E-state index contributed by atoms with van der Waals surface area (Å²) < 4.78 is 0. The zero-order valence-electron chi connectivity index (χ0n) is 19.1. The molecule has 1 unspecified atom stereocenters. The molecule has 0 N–H and O–H groups in total. The SMILES string of the molecule is O=C(C1CCCCC1)N1CCc2cc(C(=O)N3C[C@@H]4CC45[C@H]3CN5C3CCC3)ccc2C1. The minimum atomic E-state index is 0.235. The molecule has 5 fully saturated rings. The summed E-state index contributed by atoms with van der Waals surface area (Å²) >= 11 is 0. The van der Waals surface area contributed by atoms with Crippen LogP contribution in [-0.4, -0.2) is 63.8 Å². The molecule has 7 rings (SSSR count). The van der Waals surface area contributed by atoms with Crippen molar-refractivity contribution in [1.29, 1.82) is 0 Å². The molecule has 0 aromatic heterocycles. The molecule has 5 nitrogen and oxygen atoms in total. The molecule has 6 aliphatic rings. The van der Waals surface area contributed by atoms with Gasteiger partial charge in [0.15, 0.2) is 0 Å². The Morgan fingerprint density at radius 1 is 0.938 bits per heavy atom. The molecule has 1 spiro atoms. The Kier molecular flexibility index (Phi) is 4.32. The third-order valence-corrected chi connectivity index (χ3v) is 9.90. The van der Waals surface area contributed by atoms with Crippen molar-refractivity contribution in [2.45, 2.75) is 88.4 Å².